The molecule has 25 heavy (non-hydrogen) atoms. The van der Waals surface area contributed by atoms with E-state index in [0.717, 1.165) is 22.0 Å². The molecule has 1 aliphatic heterocycles. The van der Waals surface area contributed by atoms with E-state index in [9.17, 15) is 4.79 Å². The molecule has 0 saturated heterocycles. The summed E-state index contributed by atoms with van der Waals surface area (Å²) in [6.45, 7) is 1.20. The number of hydrogen-bond acceptors (Lipinski definition) is 4. The Kier molecular flexibility index (Phi) is 4.28. The second-order valence-corrected chi connectivity index (χ2v) is 7.06. The van der Waals surface area contributed by atoms with Crippen molar-refractivity contribution in [2.24, 2.45) is 0 Å². The van der Waals surface area contributed by atoms with E-state index in [1.54, 1.807) is 24.6 Å². The molecule has 1 aromatic carbocycles. The minimum absolute atomic E-state index is 0.0645. The molecule has 5 nitrogen and oxygen atoms in total. The van der Waals surface area contributed by atoms with Crippen LogP contribution in [0.25, 0.3) is 0 Å². The van der Waals surface area contributed by atoms with Crippen molar-refractivity contribution in [3.63, 3.8) is 0 Å². The number of carbonyl (C=O) groups is 1. The highest BCUT2D eigenvalue weighted by Gasteiger charge is 2.33. The Morgan fingerprint density at radius 2 is 2.20 bits per heavy atom. The van der Waals surface area contributed by atoms with Gasteiger partial charge in [-0.15, -0.1) is 11.3 Å². The van der Waals surface area contributed by atoms with E-state index in [4.69, 9.17) is 4.74 Å². The first kappa shape index (κ1) is 15.9. The monoisotopic (exact) mass is 353 g/mol. The SMILES string of the molecule is COc1ccccc1[C@@H]1Cn2ccnc2CN1C(=O)Cc1cccs1. The maximum absolute atomic E-state index is 13.0. The Hall–Kier alpha value is -2.60. The Labute approximate surface area is 150 Å². The van der Waals surface area contributed by atoms with Crippen LogP contribution in [-0.4, -0.2) is 27.5 Å². The second kappa shape index (κ2) is 6.72. The van der Waals surface area contributed by atoms with Gasteiger partial charge < -0.3 is 14.2 Å². The fourth-order valence-corrected chi connectivity index (χ4v) is 4.03. The molecular formula is C19H19N3O2S. The second-order valence-electron chi connectivity index (χ2n) is 6.03. The molecule has 0 saturated carbocycles. The van der Waals surface area contributed by atoms with Crippen LogP contribution in [0.15, 0.2) is 54.2 Å². The van der Waals surface area contributed by atoms with Gasteiger partial charge in [-0.1, -0.05) is 24.3 Å². The Bertz CT molecular complexity index is 872. The van der Waals surface area contributed by atoms with Crippen LogP contribution in [0.3, 0.4) is 0 Å². The molecule has 4 rings (SSSR count). The predicted molar refractivity (Wildman–Crippen MR) is 96.5 cm³/mol. The van der Waals surface area contributed by atoms with E-state index in [-0.39, 0.29) is 11.9 Å². The van der Waals surface area contributed by atoms with Gasteiger partial charge in [-0.2, -0.15) is 0 Å². The lowest BCUT2D eigenvalue weighted by Gasteiger charge is -2.37. The zero-order chi connectivity index (χ0) is 17.2. The van der Waals surface area contributed by atoms with Gasteiger partial charge in [0.15, 0.2) is 0 Å². The molecule has 1 amide bonds. The van der Waals surface area contributed by atoms with Gasteiger partial charge in [0.1, 0.15) is 11.6 Å². The molecule has 0 aliphatic carbocycles. The summed E-state index contributed by atoms with van der Waals surface area (Å²) < 4.78 is 7.66. The van der Waals surface area contributed by atoms with Gasteiger partial charge in [0.05, 0.1) is 26.1 Å². The predicted octanol–water partition coefficient (Wildman–Crippen LogP) is 3.28. The van der Waals surface area contributed by atoms with Crippen LogP contribution in [-0.2, 0) is 24.3 Å². The number of thiophene rings is 1. The number of carbonyl (C=O) groups excluding carboxylic acids is 1. The number of rotatable bonds is 4. The van der Waals surface area contributed by atoms with E-state index < -0.39 is 0 Å². The Morgan fingerprint density at radius 3 is 3.00 bits per heavy atom. The normalized spacial score (nSPS) is 16.5. The van der Waals surface area contributed by atoms with Crippen molar-refractivity contribution < 1.29 is 9.53 Å². The quantitative estimate of drug-likeness (QED) is 0.723. The number of methoxy groups -OCH3 is 1. The summed E-state index contributed by atoms with van der Waals surface area (Å²) in [5.41, 5.74) is 1.03. The van der Waals surface area contributed by atoms with Crippen molar-refractivity contribution in [1.29, 1.82) is 0 Å². The zero-order valence-corrected chi connectivity index (χ0v) is 14.8. The van der Waals surface area contributed by atoms with Gasteiger partial charge in [-0.05, 0) is 17.5 Å². The molecular weight excluding hydrogens is 334 g/mol. The van der Waals surface area contributed by atoms with Gasteiger partial charge in [0.25, 0.3) is 0 Å². The van der Waals surface area contributed by atoms with Crippen LogP contribution >= 0.6 is 11.3 Å². The number of nitrogens with zero attached hydrogens (tertiary/aromatic N) is 3. The fraction of sp³-hybridized carbons (Fsp3) is 0.263. The van der Waals surface area contributed by atoms with Gasteiger partial charge in [0, 0.05) is 29.4 Å². The molecule has 0 bridgehead atoms. The topological polar surface area (TPSA) is 47.4 Å². The largest absolute Gasteiger partial charge is 0.496 e. The van der Waals surface area contributed by atoms with Gasteiger partial charge in [-0.3, -0.25) is 4.79 Å². The molecule has 3 heterocycles. The number of aromatic nitrogens is 2. The van der Waals surface area contributed by atoms with Crippen LogP contribution in [0.5, 0.6) is 5.75 Å². The lowest BCUT2D eigenvalue weighted by atomic mass is 10.0. The molecule has 128 valence electrons. The number of imidazole rings is 1. The van der Waals surface area contributed by atoms with E-state index >= 15 is 0 Å². The molecule has 0 spiro atoms. The summed E-state index contributed by atoms with van der Waals surface area (Å²) in [7, 11) is 1.67. The molecule has 2 aromatic heterocycles. The summed E-state index contributed by atoms with van der Waals surface area (Å²) in [6.07, 6.45) is 4.19. The third-order valence-corrected chi connectivity index (χ3v) is 5.46. The fourth-order valence-electron chi connectivity index (χ4n) is 3.34. The number of para-hydroxylation sites is 1. The highest BCUT2D eigenvalue weighted by atomic mass is 32.1. The first-order valence-corrected chi connectivity index (χ1v) is 9.09. The van der Waals surface area contributed by atoms with Crippen molar-refractivity contribution in [3.05, 3.63) is 70.4 Å². The van der Waals surface area contributed by atoms with Crippen LogP contribution in [0.4, 0.5) is 0 Å². The number of fused-ring (bicyclic) bond motifs is 1. The highest BCUT2D eigenvalue weighted by Crippen LogP contribution is 2.35. The molecule has 0 fully saturated rings. The lowest BCUT2D eigenvalue weighted by molar-refractivity contribution is -0.135. The third-order valence-electron chi connectivity index (χ3n) is 4.58. The standard InChI is InChI=1S/C19H19N3O2S/c1-24-17-7-3-2-6-15(17)16-12-21-9-8-20-18(21)13-22(16)19(23)11-14-5-4-10-25-14/h2-10,16H,11-13H2,1H3/t16-/m0/s1. The molecule has 1 atom stereocenters. The van der Waals surface area contributed by atoms with Crippen LogP contribution in [0, 0.1) is 0 Å². The molecule has 6 heteroatoms. The first-order chi connectivity index (χ1) is 12.3. The average Bonchev–Trinajstić information content (AvgIpc) is 3.31. The van der Waals surface area contributed by atoms with E-state index in [1.807, 2.05) is 52.9 Å². The summed E-state index contributed by atoms with van der Waals surface area (Å²) in [5.74, 6) is 1.85. The maximum Gasteiger partial charge on any atom is 0.228 e. The molecule has 1 aliphatic rings. The maximum atomic E-state index is 13.0. The minimum Gasteiger partial charge on any atom is -0.496 e. The first-order valence-electron chi connectivity index (χ1n) is 8.21. The summed E-state index contributed by atoms with van der Waals surface area (Å²) in [4.78, 5) is 20.4. The average molecular weight is 353 g/mol. The van der Waals surface area contributed by atoms with Crippen LogP contribution < -0.4 is 4.74 Å². The lowest BCUT2D eigenvalue weighted by Crippen LogP contribution is -2.41. The van der Waals surface area contributed by atoms with Crippen LogP contribution in [0.2, 0.25) is 0 Å². The van der Waals surface area contributed by atoms with Crippen molar-refractivity contribution in [1.82, 2.24) is 14.5 Å². The number of ether oxygens (including phenoxy) is 1. The Morgan fingerprint density at radius 1 is 1.32 bits per heavy atom. The molecule has 0 radical (unpaired) electrons. The van der Waals surface area contributed by atoms with Crippen molar-refractivity contribution in [2.75, 3.05) is 7.11 Å². The van der Waals surface area contributed by atoms with Gasteiger partial charge in [0.2, 0.25) is 5.91 Å². The highest BCUT2D eigenvalue weighted by molar-refractivity contribution is 7.10. The van der Waals surface area contributed by atoms with Crippen molar-refractivity contribution >= 4 is 17.2 Å². The number of amides is 1. The van der Waals surface area contributed by atoms with Crippen molar-refractivity contribution in [3.8, 4) is 5.75 Å². The summed E-state index contributed by atoms with van der Waals surface area (Å²) in [6, 6.07) is 11.8. The number of benzene rings is 1. The third kappa shape index (κ3) is 3.05. The number of hydrogen-bond donors (Lipinski definition) is 0. The summed E-state index contributed by atoms with van der Waals surface area (Å²) in [5, 5.41) is 2.00. The van der Waals surface area contributed by atoms with Gasteiger partial charge in [-0.25, -0.2) is 4.98 Å². The summed E-state index contributed by atoms with van der Waals surface area (Å²) >= 11 is 1.61. The molecule has 0 N–H and O–H groups in total. The van der Waals surface area contributed by atoms with E-state index in [1.165, 1.54) is 0 Å². The van der Waals surface area contributed by atoms with E-state index in [0.29, 0.717) is 19.5 Å². The van der Waals surface area contributed by atoms with E-state index in [2.05, 4.69) is 9.55 Å². The van der Waals surface area contributed by atoms with Crippen LogP contribution in [0.1, 0.15) is 22.3 Å². The van der Waals surface area contributed by atoms with Crippen molar-refractivity contribution in [2.45, 2.75) is 25.6 Å². The Balaban J connectivity index is 1.69. The minimum atomic E-state index is -0.0645. The van der Waals surface area contributed by atoms with Gasteiger partial charge >= 0.3 is 0 Å². The molecule has 3 aromatic rings. The smallest absolute Gasteiger partial charge is 0.228 e. The zero-order valence-electron chi connectivity index (χ0n) is 14.0. The molecule has 0 unspecified atom stereocenters.